The highest BCUT2D eigenvalue weighted by molar-refractivity contribution is 5.83. The van der Waals surface area contributed by atoms with Crippen molar-refractivity contribution in [3.63, 3.8) is 0 Å². The molecule has 0 unspecified atom stereocenters. The van der Waals surface area contributed by atoms with Crippen LogP contribution in [0.25, 0.3) is 0 Å². The van der Waals surface area contributed by atoms with Crippen LogP contribution in [0.3, 0.4) is 0 Å². The van der Waals surface area contributed by atoms with Gasteiger partial charge in [-0.2, -0.15) is 13.2 Å². The first kappa shape index (κ1) is 26.3. The van der Waals surface area contributed by atoms with E-state index in [4.69, 9.17) is 9.47 Å². The Morgan fingerprint density at radius 1 is 1.06 bits per heavy atom. The molecule has 1 fully saturated rings. The van der Waals surface area contributed by atoms with Crippen LogP contribution in [0.5, 0.6) is 11.5 Å². The highest BCUT2D eigenvalue weighted by atomic mass is 19.4. The van der Waals surface area contributed by atoms with Crippen LogP contribution in [0.15, 0.2) is 42.6 Å². The van der Waals surface area contributed by atoms with Crippen LogP contribution < -0.4 is 14.8 Å². The smallest absolute Gasteiger partial charge is 0.422 e. The summed E-state index contributed by atoms with van der Waals surface area (Å²) in [6, 6.07) is 9.74. The predicted octanol–water partition coefficient (Wildman–Crippen LogP) is 4.72. The summed E-state index contributed by atoms with van der Waals surface area (Å²) in [6.45, 7) is 5.53. The van der Waals surface area contributed by atoms with E-state index in [1.165, 1.54) is 18.3 Å². The maximum Gasteiger partial charge on any atom is 0.422 e. The molecule has 1 aliphatic rings. The minimum atomic E-state index is -4.42. The Labute approximate surface area is 202 Å². The van der Waals surface area contributed by atoms with Crippen molar-refractivity contribution >= 4 is 11.9 Å². The molecule has 7 nitrogen and oxygen atoms in total. The third-order valence-corrected chi connectivity index (χ3v) is 5.18. The largest absolute Gasteiger partial charge is 0.483 e. The van der Waals surface area contributed by atoms with Crippen molar-refractivity contribution in [2.45, 2.75) is 57.9 Å². The normalized spacial score (nSPS) is 18.4. The molecule has 190 valence electrons. The van der Waals surface area contributed by atoms with Crippen molar-refractivity contribution < 1.29 is 37.0 Å². The van der Waals surface area contributed by atoms with E-state index in [-0.39, 0.29) is 30.1 Å². The molecule has 0 saturated heterocycles. The van der Waals surface area contributed by atoms with Gasteiger partial charge < -0.3 is 19.5 Å². The van der Waals surface area contributed by atoms with Gasteiger partial charge in [-0.1, -0.05) is 12.1 Å². The van der Waals surface area contributed by atoms with Crippen molar-refractivity contribution in [2.75, 3.05) is 13.2 Å². The minimum Gasteiger partial charge on any atom is -0.483 e. The van der Waals surface area contributed by atoms with E-state index in [1.54, 1.807) is 39.8 Å². The summed E-state index contributed by atoms with van der Waals surface area (Å²) in [5.74, 6) is -0.137. The van der Waals surface area contributed by atoms with Crippen molar-refractivity contribution in [1.82, 2.24) is 10.3 Å². The SMILES string of the molecule is C[C@@H](NC(=O)[C@@H]1C[C@@H]1c1ccc(OCC(=O)OC(C)(C)C)cc1)c1ccc(OCC(F)(F)F)cn1. The number of carbonyl (C=O) groups is 2. The summed E-state index contributed by atoms with van der Waals surface area (Å²) >= 11 is 0. The van der Waals surface area contributed by atoms with E-state index in [1.807, 2.05) is 12.1 Å². The molecule has 2 aromatic rings. The van der Waals surface area contributed by atoms with Crippen LogP contribution in [0, 0.1) is 5.92 Å². The monoisotopic (exact) mass is 494 g/mol. The average Bonchev–Trinajstić information content (AvgIpc) is 3.56. The van der Waals surface area contributed by atoms with E-state index < -0.39 is 30.4 Å². The maximum absolute atomic E-state index is 12.6. The fourth-order valence-electron chi connectivity index (χ4n) is 3.47. The molecule has 0 aliphatic heterocycles. The highest BCUT2D eigenvalue weighted by Gasteiger charge is 2.44. The second kappa shape index (κ2) is 10.5. The number of nitrogens with one attached hydrogen (secondary N) is 1. The molecule has 0 spiro atoms. The molecular weight excluding hydrogens is 465 g/mol. The maximum atomic E-state index is 12.6. The van der Waals surface area contributed by atoms with Crippen LogP contribution in [0.1, 0.15) is 57.3 Å². The van der Waals surface area contributed by atoms with E-state index >= 15 is 0 Å². The van der Waals surface area contributed by atoms with Gasteiger partial charge >= 0.3 is 12.1 Å². The first-order valence-corrected chi connectivity index (χ1v) is 11.2. The van der Waals surface area contributed by atoms with Gasteiger partial charge in [0.1, 0.15) is 17.1 Å². The first-order chi connectivity index (χ1) is 16.3. The Morgan fingerprint density at radius 2 is 1.71 bits per heavy atom. The zero-order valence-electron chi connectivity index (χ0n) is 20.0. The van der Waals surface area contributed by atoms with Gasteiger partial charge in [-0.05, 0) is 69.9 Å². The zero-order valence-corrected chi connectivity index (χ0v) is 20.0. The van der Waals surface area contributed by atoms with Crippen LogP contribution in [0.4, 0.5) is 13.2 Å². The molecule has 3 atom stereocenters. The number of ether oxygens (including phenoxy) is 3. The fraction of sp³-hybridized carbons (Fsp3) is 0.480. The quantitative estimate of drug-likeness (QED) is 0.508. The summed E-state index contributed by atoms with van der Waals surface area (Å²) in [6.07, 6.45) is -2.52. The molecule has 1 aromatic carbocycles. The van der Waals surface area contributed by atoms with Gasteiger partial charge in [0.25, 0.3) is 0 Å². The molecule has 1 aromatic heterocycles. The summed E-state index contributed by atoms with van der Waals surface area (Å²) in [4.78, 5) is 28.5. The van der Waals surface area contributed by atoms with Gasteiger partial charge in [0.2, 0.25) is 5.91 Å². The number of rotatable bonds is 9. The molecule has 0 bridgehead atoms. The van der Waals surface area contributed by atoms with Gasteiger partial charge in [-0.3, -0.25) is 9.78 Å². The number of halogens is 3. The number of aromatic nitrogens is 1. The molecule has 1 N–H and O–H groups in total. The third-order valence-electron chi connectivity index (χ3n) is 5.18. The van der Waals surface area contributed by atoms with E-state index in [0.29, 0.717) is 17.9 Å². The van der Waals surface area contributed by atoms with Crippen molar-refractivity contribution in [3.8, 4) is 11.5 Å². The Balaban J connectivity index is 1.45. The van der Waals surface area contributed by atoms with Crippen LogP contribution in [-0.4, -0.2) is 41.9 Å². The second-order valence-corrected chi connectivity index (χ2v) is 9.45. The number of benzene rings is 1. The minimum absolute atomic E-state index is 0.00498. The van der Waals surface area contributed by atoms with Crippen LogP contribution >= 0.6 is 0 Å². The number of hydrogen-bond acceptors (Lipinski definition) is 6. The van der Waals surface area contributed by atoms with Gasteiger partial charge in [0.05, 0.1) is 17.9 Å². The molecule has 3 rings (SSSR count). The lowest BCUT2D eigenvalue weighted by molar-refractivity contribution is -0.157. The summed E-state index contributed by atoms with van der Waals surface area (Å²) in [5.41, 5.74) is 0.932. The number of nitrogens with zero attached hydrogens (tertiary/aromatic N) is 1. The average molecular weight is 495 g/mol. The van der Waals surface area contributed by atoms with E-state index in [9.17, 15) is 22.8 Å². The van der Waals surface area contributed by atoms with Gasteiger partial charge in [-0.25, -0.2) is 4.79 Å². The standard InChI is InChI=1S/C25H29F3N2O5/c1-15(21-10-9-18(12-29-21)34-14-25(26,27)28)30-23(32)20-11-19(20)16-5-7-17(8-6-16)33-13-22(31)35-24(2,3)4/h5-10,12,15,19-20H,11,13-14H2,1-4H3,(H,30,32)/t15-,19-,20-/m1/s1. The van der Waals surface area contributed by atoms with Gasteiger partial charge in [0, 0.05) is 5.92 Å². The molecule has 1 saturated carbocycles. The molecule has 0 radical (unpaired) electrons. The van der Waals surface area contributed by atoms with E-state index in [2.05, 4.69) is 15.0 Å². The summed E-state index contributed by atoms with van der Waals surface area (Å²) < 4.78 is 52.0. The topological polar surface area (TPSA) is 86.8 Å². The molecule has 1 aliphatic carbocycles. The van der Waals surface area contributed by atoms with Crippen molar-refractivity contribution in [3.05, 3.63) is 53.9 Å². The number of pyridine rings is 1. The second-order valence-electron chi connectivity index (χ2n) is 9.45. The predicted molar refractivity (Wildman–Crippen MR) is 121 cm³/mol. The molecule has 1 heterocycles. The number of alkyl halides is 3. The van der Waals surface area contributed by atoms with Crippen LogP contribution in [-0.2, 0) is 14.3 Å². The zero-order chi connectivity index (χ0) is 25.8. The molecular formula is C25H29F3N2O5. The van der Waals surface area contributed by atoms with Crippen molar-refractivity contribution in [1.29, 1.82) is 0 Å². The summed E-state index contributed by atoms with van der Waals surface area (Å²) in [5, 5.41) is 2.90. The fourth-order valence-corrected chi connectivity index (χ4v) is 3.47. The van der Waals surface area contributed by atoms with Crippen molar-refractivity contribution in [2.24, 2.45) is 5.92 Å². The summed E-state index contributed by atoms with van der Waals surface area (Å²) in [7, 11) is 0. The Bertz CT molecular complexity index is 1020. The number of esters is 1. The Morgan fingerprint density at radius 3 is 2.29 bits per heavy atom. The third kappa shape index (κ3) is 8.45. The Kier molecular flexibility index (Phi) is 7.92. The lowest BCUT2D eigenvalue weighted by Crippen LogP contribution is -2.29. The number of hydrogen-bond donors (Lipinski definition) is 1. The van der Waals surface area contributed by atoms with Gasteiger partial charge in [-0.15, -0.1) is 0 Å². The molecule has 10 heteroatoms. The van der Waals surface area contributed by atoms with Crippen LogP contribution in [0.2, 0.25) is 0 Å². The number of carbonyl (C=O) groups excluding carboxylic acids is 2. The lowest BCUT2D eigenvalue weighted by atomic mass is 10.1. The molecule has 1 amide bonds. The molecule has 35 heavy (non-hydrogen) atoms. The highest BCUT2D eigenvalue weighted by Crippen LogP contribution is 2.48. The first-order valence-electron chi connectivity index (χ1n) is 11.2. The Hall–Kier alpha value is -3.30. The number of amides is 1. The lowest BCUT2D eigenvalue weighted by Gasteiger charge is -2.19. The van der Waals surface area contributed by atoms with Gasteiger partial charge in [0.15, 0.2) is 13.2 Å². The van der Waals surface area contributed by atoms with E-state index in [0.717, 1.165) is 5.56 Å².